The third-order valence-corrected chi connectivity index (χ3v) is 11.1. The molecule has 0 radical (unpaired) electrons. The highest BCUT2D eigenvalue weighted by atomic mass is 16.3. The molecule has 6 aromatic carbocycles. The minimum absolute atomic E-state index is 0.0694. The summed E-state index contributed by atoms with van der Waals surface area (Å²) in [4.78, 5) is 14.9. The first-order valence-corrected chi connectivity index (χ1v) is 18.8. The van der Waals surface area contributed by atoms with Crippen molar-refractivity contribution in [1.82, 2.24) is 15.0 Å². The summed E-state index contributed by atoms with van der Waals surface area (Å²) in [6, 6.07) is 47.8. The lowest BCUT2D eigenvalue weighted by Gasteiger charge is -2.21. The second-order valence-electron chi connectivity index (χ2n) is 16.8. The molecule has 4 heterocycles. The summed E-state index contributed by atoms with van der Waals surface area (Å²) < 4.78 is 6.77. The Morgan fingerprint density at radius 1 is 0.463 bits per heavy atom. The van der Waals surface area contributed by atoms with Crippen LogP contribution in [0.4, 0.5) is 0 Å². The first kappa shape index (κ1) is 32.4. The van der Waals surface area contributed by atoms with E-state index in [1.165, 1.54) is 21.9 Å². The van der Waals surface area contributed by atoms with Gasteiger partial charge in [-0.3, -0.25) is 0 Å². The fourth-order valence-electron chi connectivity index (χ4n) is 8.10. The molecule has 0 fully saturated rings. The van der Waals surface area contributed by atoms with Gasteiger partial charge in [-0.2, -0.15) is 0 Å². The predicted molar refractivity (Wildman–Crippen MR) is 228 cm³/mol. The van der Waals surface area contributed by atoms with Crippen molar-refractivity contribution >= 4 is 76.6 Å². The van der Waals surface area contributed by atoms with Gasteiger partial charge in [0.15, 0.2) is 0 Å². The number of benzene rings is 6. The van der Waals surface area contributed by atoms with E-state index in [2.05, 4.69) is 174 Å². The predicted octanol–water partition coefficient (Wildman–Crippen LogP) is 14.0. The van der Waals surface area contributed by atoms with Crippen LogP contribution in [0.25, 0.3) is 98.8 Å². The quantitative estimate of drug-likeness (QED) is 0.183. The number of aromatic amines is 1. The lowest BCUT2D eigenvalue weighted by molar-refractivity contribution is 0.591. The number of pyridine rings is 2. The molecule has 0 saturated heterocycles. The summed E-state index contributed by atoms with van der Waals surface area (Å²) >= 11 is 0. The molecule has 0 aliphatic rings. The van der Waals surface area contributed by atoms with Crippen LogP contribution in [0.2, 0.25) is 0 Å². The molecule has 4 aromatic heterocycles. The average Bonchev–Trinajstić information content (AvgIpc) is 3.55. The van der Waals surface area contributed by atoms with Crippen molar-refractivity contribution in [3.8, 4) is 22.3 Å². The second kappa shape index (κ2) is 11.6. The van der Waals surface area contributed by atoms with E-state index in [0.717, 1.165) is 82.4 Å². The fourth-order valence-corrected chi connectivity index (χ4v) is 8.10. The van der Waals surface area contributed by atoms with E-state index >= 15 is 0 Å². The molecule has 4 nitrogen and oxygen atoms in total. The van der Waals surface area contributed by atoms with E-state index in [-0.39, 0.29) is 10.8 Å². The van der Waals surface area contributed by atoms with Crippen molar-refractivity contribution in [1.29, 1.82) is 0 Å². The van der Waals surface area contributed by atoms with Crippen LogP contribution in [0, 0.1) is 0 Å². The van der Waals surface area contributed by atoms with Gasteiger partial charge in [0.1, 0.15) is 11.1 Å². The largest absolute Gasteiger partial charge is 0.439 e. The summed E-state index contributed by atoms with van der Waals surface area (Å²) in [6.45, 7) is 13.8. The van der Waals surface area contributed by atoms with Crippen LogP contribution < -0.4 is 0 Å². The highest BCUT2D eigenvalue weighted by Gasteiger charge is 2.22. The maximum Gasteiger partial charge on any atom is 0.220 e. The molecule has 0 atom stereocenters. The highest BCUT2D eigenvalue weighted by Crippen LogP contribution is 2.42. The molecule has 0 saturated carbocycles. The Hall–Kier alpha value is -6.26. The van der Waals surface area contributed by atoms with E-state index < -0.39 is 0 Å². The van der Waals surface area contributed by atoms with Gasteiger partial charge in [-0.05, 0) is 92.1 Å². The monoisotopic (exact) mass is 699 g/mol. The van der Waals surface area contributed by atoms with Gasteiger partial charge >= 0.3 is 0 Å². The molecule has 10 rings (SSSR count). The van der Waals surface area contributed by atoms with Crippen molar-refractivity contribution in [2.24, 2.45) is 0 Å². The first-order valence-electron chi connectivity index (χ1n) is 18.8. The zero-order chi connectivity index (χ0) is 36.9. The summed E-state index contributed by atoms with van der Waals surface area (Å²) in [5.41, 5.74) is 12.8. The molecule has 1 N–H and O–H groups in total. The summed E-state index contributed by atoms with van der Waals surface area (Å²) in [7, 11) is 0. The second-order valence-corrected chi connectivity index (χ2v) is 16.8. The maximum absolute atomic E-state index is 6.77. The Bertz CT molecular complexity index is 3160. The van der Waals surface area contributed by atoms with Gasteiger partial charge in [-0.15, -0.1) is 0 Å². The molecule has 262 valence electrons. The molecule has 4 heteroatoms. The number of hydrogen-bond acceptors (Lipinski definition) is 3. The average molecular weight is 700 g/mol. The Labute approximate surface area is 314 Å². The lowest BCUT2D eigenvalue weighted by Crippen LogP contribution is -2.11. The third kappa shape index (κ3) is 5.20. The standard InChI is InChI=1S/C50H41N3O/c1-49(2,3)32-23-39-31-18-13-19-34(22-31)54-44-28-38(30-16-11-8-12-17-30)36-21-20-35-37(29-14-9-7-10-15-29)27-43(51-47(35)48(36)52-44)42-26-33(50(4,5)6)25-41-40(24-32)45(39)53-46(41)42/h7-28,53H,1-6H3. The zero-order valence-electron chi connectivity index (χ0n) is 31.5. The number of hydrogen-bond donors (Lipinski definition) is 1. The molecule has 0 unspecified atom stereocenters. The van der Waals surface area contributed by atoms with Gasteiger partial charge in [0.25, 0.3) is 0 Å². The molecular formula is C50H41N3O. The van der Waals surface area contributed by atoms with Gasteiger partial charge in [-0.1, -0.05) is 126 Å². The molecule has 10 aromatic rings. The first-order chi connectivity index (χ1) is 26.0. The van der Waals surface area contributed by atoms with Crippen LogP contribution in [-0.2, 0) is 10.8 Å². The number of aromatic nitrogens is 3. The Morgan fingerprint density at radius 3 is 1.61 bits per heavy atom. The normalized spacial score (nSPS) is 12.6. The molecule has 54 heavy (non-hydrogen) atoms. The number of rotatable bonds is 2. The SMILES string of the molecule is CC(C)(C)c1cc2c3cccc(c3)oc3cc(-c4ccccc4)c4ccc5c(-c6ccccc6)cc(nc5c4n3)c3cc(C(C)(C)C)cc4c(c1)c2[nH]c34. The number of H-pyrrole nitrogens is 1. The minimum Gasteiger partial charge on any atom is -0.439 e. The Morgan fingerprint density at radius 2 is 1.00 bits per heavy atom. The molecule has 0 aliphatic carbocycles. The Balaban J connectivity index is 1.53. The van der Waals surface area contributed by atoms with E-state index in [1.807, 2.05) is 6.07 Å². The lowest BCUT2D eigenvalue weighted by atomic mass is 9.83. The van der Waals surface area contributed by atoms with Crippen LogP contribution in [0.3, 0.4) is 0 Å². The van der Waals surface area contributed by atoms with Crippen LogP contribution in [0.5, 0.6) is 0 Å². The van der Waals surface area contributed by atoms with Crippen LogP contribution in [0.1, 0.15) is 52.7 Å². The molecule has 0 aliphatic heterocycles. The van der Waals surface area contributed by atoms with Gasteiger partial charge in [0.05, 0.1) is 22.1 Å². The van der Waals surface area contributed by atoms with Crippen LogP contribution in [-0.4, -0.2) is 15.0 Å². The molecule has 8 bridgehead atoms. The number of nitrogens with one attached hydrogen (secondary N) is 1. The van der Waals surface area contributed by atoms with Crippen LogP contribution >= 0.6 is 0 Å². The topological polar surface area (TPSA) is 54.7 Å². The van der Waals surface area contributed by atoms with Crippen molar-refractivity contribution in [3.63, 3.8) is 0 Å². The van der Waals surface area contributed by atoms with Gasteiger partial charge < -0.3 is 9.40 Å². The number of nitrogens with zero attached hydrogens (tertiary/aromatic N) is 2. The van der Waals surface area contributed by atoms with Crippen molar-refractivity contribution < 1.29 is 4.42 Å². The van der Waals surface area contributed by atoms with Gasteiger partial charge in [0.2, 0.25) is 5.71 Å². The summed E-state index contributed by atoms with van der Waals surface area (Å²) in [6.07, 6.45) is 0. The van der Waals surface area contributed by atoms with Gasteiger partial charge in [0, 0.05) is 38.4 Å². The third-order valence-electron chi connectivity index (χ3n) is 11.1. The Kier molecular flexibility index (Phi) is 6.97. The van der Waals surface area contributed by atoms with Crippen LogP contribution in [0.15, 0.2) is 138 Å². The van der Waals surface area contributed by atoms with E-state index in [4.69, 9.17) is 14.4 Å². The molecule has 0 amide bonds. The van der Waals surface area contributed by atoms with E-state index in [0.29, 0.717) is 5.71 Å². The zero-order valence-corrected chi connectivity index (χ0v) is 31.5. The smallest absolute Gasteiger partial charge is 0.220 e. The van der Waals surface area contributed by atoms with Crippen molar-refractivity contribution in [2.75, 3.05) is 0 Å². The molecule has 0 spiro atoms. The van der Waals surface area contributed by atoms with Gasteiger partial charge in [-0.25, -0.2) is 9.97 Å². The summed E-state index contributed by atoms with van der Waals surface area (Å²) in [5, 5.41) is 7.79. The summed E-state index contributed by atoms with van der Waals surface area (Å²) in [5.74, 6) is 0. The molecular weight excluding hydrogens is 659 g/mol. The number of fused-ring (bicyclic) bond motifs is 7. The fraction of sp³-hybridized carbons (Fsp3) is 0.160. The van der Waals surface area contributed by atoms with E-state index in [1.54, 1.807) is 0 Å². The highest BCUT2D eigenvalue weighted by molar-refractivity contribution is 6.22. The maximum atomic E-state index is 6.77. The van der Waals surface area contributed by atoms with E-state index in [9.17, 15) is 0 Å². The minimum atomic E-state index is -0.101. The van der Waals surface area contributed by atoms with Crippen molar-refractivity contribution in [2.45, 2.75) is 52.4 Å². The van der Waals surface area contributed by atoms with Crippen molar-refractivity contribution in [3.05, 3.63) is 145 Å².